The Bertz CT molecular complexity index is 1350. The first-order chi connectivity index (χ1) is 18.9. The summed E-state index contributed by atoms with van der Waals surface area (Å²) in [6.07, 6.45) is 13.3. The van der Waals surface area contributed by atoms with Crippen molar-refractivity contribution in [2.45, 2.75) is 62.8 Å². The van der Waals surface area contributed by atoms with Crippen molar-refractivity contribution < 1.29 is 14.3 Å². The van der Waals surface area contributed by atoms with Gasteiger partial charge in [0.05, 0.1) is 28.5 Å². The maximum Gasteiger partial charge on any atom is 0.252 e. The fourth-order valence-corrected chi connectivity index (χ4v) is 7.28. The fourth-order valence-electron chi connectivity index (χ4n) is 6.39. The number of fused-ring (bicyclic) bond motifs is 2. The SMILES string of the molecule is CC1(C)COC(c2sccc2C(=O)NC2CN(CCCCC3(C=O)C4=C(C=CCC=C4)c4ccccc43)C2)N1. The molecule has 2 aliphatic heterocycles. The molecule has 0 saturated carbocycles. The van der Waals surface area contributed by atoms with Gasteiger partial charge in [0.15, 0.2) is 0 Å². The molecule has 7 heteroatoms. The molecule has 1 aromatic heterocycles. The number of allylic oxidation sites excluding steroid dienone is 6. The minimum atomic E-state index is -0.562. The number of nitrogens with one attached hydrogen (secondary N) is 2. The molecule has 6 rings (SSSR count). The summed E-state index contributed by atoms with van der Waals surface area (Å²) in [5.74, 6) is -0.0200. The predicted octanol–water partition coefficient (Wildman–Crippen LogP) is 5.15. The number of likely N-dealkylation sites (tertiary alicyclic amines) is 1. The van der Waals surface area contributed by atoms with Crippen molar-refractivity contribution in [3.8, 4) is 0 Å². The zero-order chi connectivity index (χ0) is 27.0. The van der Waals surface area contributed by atoms with Gasteiger partial charge in [0.1, 0.15) is 12.5 Å². The van der Waals surface area contributed by atoms with Crippen molar-refractivity contribution in [2.75, 3.05) is 26.2 Å². The van der Waals surface area contributed by atoms with Gasteiger partial charge in [-0.25, -0.2) is 0 Å². The smallest absolute Gasteiger partial charge is 0.252 e. The van der Waals surface area contributed by atoms with Crippen molar-refractivity contribution in [1.82, 2.24) is 15.5 Å². The minimum Gasteiger partial charge on any atom is -0.356 e. The van der Waals surface area contributed by atoms with E-state index in [2.05, 4.69) is 71.9 Å². The van der Waals surface area contributed by atoms with Crippen LogP contribution < -0.4 is 10.6 Å². The number of hydrogen-bond acceptors (Lipinski definition) is 6. The monoisotopic (exact) mass is 543 g/mol. The van der Waals surface area contributed by atoms with Crippen LogP contribution in [0.1, 0.15) is 72.1 Å². The van der Waals surface area contributed by atoms with Crippen LogP contribution in [0, 0.1) is 0 Å². The number of nitrogens with zero attached hydrogens (tertiary/aromatic N) is 1. The van der Waals surface area contributed by atoms with Crippen LogP contribution in [0.4, 0.5) is 0 Å². The molecule has 2 fully saturated rings. The number of rotatable bonds is 9. The average Bonchev–Trinajstić information content (AvgIpc) is 3.54. The molecule has 39 heavy (non-hydrogen) atoms. The second-order valence-electron chi connectivity index (χ2n) is 11.8. The molecular formula is C32H37N3O3S. The van der Waals surface area contributed by atoms with Crippen molar-refractivity contribution in [2.24, 2.45) is 0 Å². The van der Waals surface area contributed by atoms with E-state index in [4.69, 9.17) is 4.74 Å². The van der Waals surface area contributed by atoms with E-state index in [-0.39, 0.29) is 23.7 Å². The van der Waals surface area contributed by atoms with Gasteiger partial charge in [-0.15, -0.1) is 11.3 Å². The third kappa shape index (κ3) is 4.97. The molecule has 1 amide bonds. The summed E-state index contributed by atoms with van der Waals surface area (Å²) >= 11 is 1.56. The maximum atomic E-state index is 13.0. The van der Waals surface area contributed by atoms with Crippen LogP contribution in [0.5, 0.6) is 0 Å². The molecule has 3 heterocycles. The van der Waals surface area contributed by atoms with Gasteiger partial charge in [-0.3, -0.25) is 15.0 Å². The highest BCUT2D eigenvalue weighted by molar-refractivity contribution is 7.10. The number of unbranched alkanes of at least 4 members (excludes halogenated alkanes) is 1. The van der Waals surface area contributed by atoms with Crippen molar-refractivity contribution in [3.05, 3.63) is 87.2 Å². The summed E-state index contributed by atoms with van der Waals surface area (Å²) in [5.41, 5.74) is 4.73. The number of ether oxygens (including phenoxy) is 1. The third-order valence-corrected chi connectivity index (χ3v) is 9.37. The summed E-state index contributed by atoms with van der Waals surface area (Å²) in [4.78, 5) is 29.0. The molecule has 2 N–H and O–H groups in total. The van der Waals surface area contributed by atoms with Crippen LogP contribution in [0.25, 0.3) is 5.57 Å². The Morgan fingerprint density at radius 2 is 2.00 bits per heavy atom. The third-order valence-electron chi connectivity index (χ3n) is 8.41. The highest BCUT2D eigenvalue weighted by Gasteiger charge is 2.43. The van der Waals surface area contributed by atoms with Crippen LogP contribution in [0.2, 0.25) is 0 Å². The lowest BCUT2D eigenvalue weighted by molar-refractivity contribution is -0.111. The van der Waals surface area contributed by atoms with Crippen LogP contribution in [0.3, 0.4) is 0 Å². The minimum absolute atomic E-state index is 0.0200. The fraction of sp³-hybridized carbons (Fsp3) is 0.438. The largest absolute Gasteiger partial charge is 0.356 e. The summed E-state index contributed by atoms with van der Waals surface area (Å²) < 4.78 is 5.91. The van der Waals surface area contributed by atoms with E-state index in [9.17, 15) is 9.59 Å². The first-order valence-corrected chi connectivity index (χ1v) is 14.9. The number of aldehydes is 1. The molecule has 0 bridgehead atoms. The maximum absolute atomic E-state index is 13.0. The summed E-state index contributed by atoms with van der Waals surface area (Å²) in [5, 5.41) is 8.63. The van der Waals surface area contributed by atoms with Crippen molar-refractivity contribution in [1.29, 1.82) is 0 Å². The lowest BCUT2D eigenvalue weighted by Crippen LogP contribution is -2.59. The molecule has 4 aliphatic rings. The van der Waals surface area contributed by atoms with Crippen molar-refractivity contribution in [3.63, 3.8) is 0 Å². The first kappa shape index (κ1) is 26.4. The van der Waals surface area contributed by atoms with E-state index in [1.807, 2.05) is 17.5 Å². The van der Waals surface area contributed by atoms with Gasteiger partial charge < -0.3 is 14.8 Å². The van der Waals surface area contributed by atoms with Crippen molar-refractivity contribution >= 4 is 29.1 Å². The Balaban J connectivity index is 1.00. The summed E-state index contributed by atoms with van der Waals surface area (Å²) in [6.45, 7) is 7.54. The second kappa shape index (κ2) is 10.6. The molecule has 6 nitrogen and oxygen atoms in total. The number of carbonyl (C=O) groups is 2. The number of amides is 1. The molecule has 2 aliphatic carbocycles. The Hall–Kier alpha value is -2.84. The van der Waals surface area contributed by atoms with E-state index in [1.54, 1.807) is 11.3 Å². The van der Waals surface area contributed by atoms with Gasteiger partial charge in [-0.1, -0.05) is 55.0 Å². The van der Waals surface area contributed by atoms with Gasteiger partial charge >= 0.3 is 0 Å². The Morgan fingerprint density at radius 1 is 1.18 bits per heavy atom. The van der Waals surface area contributed by atoms with Gasteiger partial charge in [0.25, 0.3) is 5.91 Å². The van der Waals surface area contributed by atoms with E-state index in [0.717, 1.165) is 61.3 Å². The van der Waals surface area contributed by atoms with E-state index >= 15 is 0 Å². The number of hydrogen-bond donors (Lipinski definition) is 2. The Kier molecular flexibility index (Phi) is 7.18. The van der Waals surface area contributed by atoms with Crippen LogP contribution in [0.15, 0.2) is 65.6 Å². The quantitative estimate of drug-likeness (QED) is 0.338. The molecule has 1 aromatic carbocycles. The standard InChI is InChI=1S/C32H37N3O3S/c1-31(2)21-38-30(34-31)28-25(14-17-39-28)29(37)33-22-18-35(19-22)16-9-8-15-32(20-36)26-12-5-3-4-10-23(26)24-11-6-7-13-27(24)32/h4-7,10-14,17,20,22,30,34H,3,8-9,15-16,18-19,21H2,1-2H3,(H,33,37). The Labute approximate surface area is 234 Å². The highest BCUT2D eigenvalue weighted by Crippen LogP contribution is 2.50. The van der Waals surface area contributed by atoms with Crippen LogP contribution >= 0.6 is 11.3 Å². The van der Waals surface area contributed by atoms with Gasteiger partial charge in [-0.2, -0.15) is 0 Å². The lowest BCUT2D eigenvalue weighted by Gasteiger charge is -2.39. The second-order valence-corrected chi connectivity index (χ2v) is 12.8. The molecule has 2 unspecified atom stereocenters. The van der Waals surface area contributed by atoms with Crippen LogP contribution in [-0.2, 0) is 14.9 Å². The zero-order valence-electron chi connectivity index (χ0n) is 22.7. The van der Waals surface area contributed by atoms with E-state index in [1.165, 1.54) is 17.4 Å². The van der Waals surface area contributed by atoms with Crippen LogP contribution in [-0.4, -0.2) is 54.9 Å². The summed E-state index contributed by atoms with van der Waals surface area (Å²) in [6, 6.07) is 10.4. The zero-order valence-corrected chi connectivity index (χ0v) is 23.6. The van der Waals surface area contributed by atoms with E-state index in [0.29, 0.717) is 12.2 Å². The number of benzene rings is 1. The normalized spacial score (nSPS) is 25.7. The summed E-state index contributed by atoms with van der Waals surface area (Å²) in [7, 11) is 0. The highest BCUT2D eigenvalue weighted by atomic mass is 32.1. The first-order valence-electron chi connectivity index (χ1n) is 14.0. The molecular weight excluding hydrogens is 506 g/mol. The topological polar surface area (TPSA) is 70.7 Å². The molecule has 2 atom stereocenters. The molecule has 204 valence electrons. The van der Waals surface area contributed by atoms with Gasteiger partial charge in [0.2, 0.25) is 0 Å². The molecule has 2 aromatic rings. The van der Waals surface area contributed by atoms with E-state index < -0.39 is 5.41 Å². The molecule has 0 radical (unpaired) electrons. The molecule has 2 saturated heterocycles. The average molecular weight is 544 g/mol. The lowest BCUT2D eigenvalue weighted by atomic mass is 9.74. The predicted molar refractivity (Wildman–Crippen MR) is 156 cm³/mol. The van der Waals surface area contributed by atoms with Gasteiger partial charge in [-0.05, 0) is 73.4 Å². The Morgan fingerprint density at radius 3 is 2.79 bits per heavy atom. The molecule has 0 spiro atoms. The number of thiophene rings is 1. The van der Waals surface area contributed by atoms with Gasteiger partial charge in [0, 0.05) is 18.6 Å². The number of carbonyl (C=O) groups excluding carboxylic acids is 2.